The van der Waals surface area contributed by atoms with Crippen molar-refractivity contribution in [1.82, 2.24) is 5.32 Å². The zero-order valence-corrected chi connectivity index (χ0v) is 7.55. The first-order valence-corrected chi connectivity index (χ1v) is 4.11. The van der Waals surface area contributed by atoms with Gasteiger partial charge in [0.05, 0.1) is 6.54 Å². The van der Waals surface area contributed by atoms with Gasteiger partial charge in [0.25, 0.3) is 0 Å². The molecule has 3 heteroatoms. The molecule has 0 aliphatic carbocycles. The molecule has 0 aromatic rings. The summed E-state index contributed by atoms with van der Waals surface area (Å²) >= 11 is 0. The number of carbonyl (C=O) groups is 1. The van der Waals surface area contributed by atoms with Gasteiger partial charge >= 0.3 is 0 Å². The van der Waals surface area contributed by atoms with Crippen molar-refractivity contribution in [2.45, 2.75) is 33.2 Å². The molecule has 0 saturated heterocycles. The molecule has 11 heavy (non-hydrogen) atoms. The maximum atomic E-state index is 10.8. The second kappa shape index (κ2) is 5.13. The van der Waals surface area contributed by atoms with Gasteiger partial charge < -0.3 is 11.1 Å². The minimum atomic E-state index is -0.0715. The number of rotatable bonds is 4. The second-order valence-electron chi connectivity index (χ2n) is 2.95. The zero-order chi connectivity index (χ0) is 8.85. The Labute approximate surface area is 68.3 Å². The Kier molecular flexibility index (Phi) is 4.86. The summed E-state index contributed by atoms with van der Waals surface area (Å²) in [6, 6.07) is 0.232. The Morgan fingerprint density at radius 1 is 1.55 bits per heavy atom. The topological polar surface area (TPSA) is 55.1 Å². The van der Waals surface area contributed by atoms with Gasteiger partial charge in [-0.3, -0.25) is 4.79 Å². The fourth-order valence-electron chi connectivity index (χ4n) is 0.809. The molecule has 0 fully saturated rings. The van der Waals surface area contributed by atoms with Crippen LogP contribution in [0.3, 0.4) is 0 Å². The van der Waals surface area contributed by atoms with Crippen molar-refractivity contribution in [3.05, 3.63) is 0 Å². The second-order valence-corrected chi connectivity index (χ2v) is 2.95. The highest BCUT2D eigenvalue weighted by atomic mass is 16.1. The Hall–Kier alpha value is -0.570. The standard InChI is InChI=1S/C8H18N2O/c1-4-6(2)7(3)10-8(11)5-9/h6-7H,4-5,9H2,1-3H3,(H,10,11). The highest BCUT2D eigenvalue weighted by Gasteiger charge is 2.11. The van der Waals surface area contributed by atoms with E-state index in [1.807, 2.05) is 6.92 Å². The molecule has 0 aliphatic heterocycles. The van der Waals surface area contributed by atoms with E-state index in [-0.39, 0.29) is 18.5 Å². The average Bonchev–Trinajstić information content (AvgIpc) is 2.02. The molecule has 2 atom stereocenters. The van der Waals surface area contributed by atoms with Gasteiger partial charge in [-0.15, -0.1) is 0 Å². The van der Waals surface area contributed by atoms with Crippen molar-refractivity contribution in [1.29, 1.82) is 0 Å². The lowest BCUT2D eigenvalue weighted by Gasteiger charge is -2.19. The van der Waals surface area contributed by atoms with Crippen molar-refractivity contribution in [3.8, 4) is 0 Å². The van der Waals surface area contributed by atoms with Gasteiger partial charge in [0.1, 0.15) is 0 Å². The Balaban J connectivity index is 3.67. The Morgan fingerprint density at radius 2 is 2.09 bits per heavy atom. The average molecular weight is 158 g/mol. The van der Waals surface area contributed by atoms with E-state index in [2.05, 4.69) is 19.2 Å². The van der Waals surface area contributed by atoms with Gasteiger partial charge in [0.2, 0.25) is 5.91 Å². The van der Waals surface area contributed by atoms with Crippen LogP contribution in [0.2, 0.25) is 0 Å². The minimum Gasteiger partial charge on any atom is -0.352 e. The molecular weight excluding hydrogens is 140 g/mol. The summed E-state index contributed by atoms with van der Waals surface area (Å²) < 4.78 is 0. The van der Waals surface area contributed by atoms with Crippen LogP contribution in [0.15, 0.2) is 0 Å². The fraction of sp³-hybridized carbons (Fsp3) is 0.875. The largest absolute Gasteiger partial charge is 0.352 e. The number of amides is 1. The van der Waals surface area contributed by atoms with Gasteiger partial charge in [-0.2, -0.15) is 0 Å². The summed E-state index contributed by atoms with van der Waals surface area (Å²) in [5, 5.41) is 2.82. The van der Waals surface area contributed by atoms with E-state index >= 15 is 0 Å². The first kappa shape index (κ1) is 10.4. The summed E-state index contributed by atoms with van der Waals surface area (Å²) in [5.74, 6) is 0.448. The SMILES string of the molecule is CCC(C)C(C)NC(=O)CN. The number of nitrogens with two attached hydrogens (primary N) is 1. The quantitative estimate of drug-likeness (QED) is 0.626. The normalized spacial score (nSPS) is 15.6. The van der Waals surface area contributed by atoms with Crippen LogP contribution >= 0.6 is 0 Å². The highest BCUT2D eigenvalue weighted by molar-refractivity contribution is 5.78. The summed E-state index contributed by atoms with van der Waals surface area (Å²) in [5.41, 5.74) is 5.15. The van der Waals surface area contributed by atoms with Crippen LogP contribution in [0.5, 0.6) is 0 Å². The zero-order valence-electron chi connectivity index (χ0n) is 7.55. The van der Waals surface area contributed by atoms with E-state index in [0.717, 1.165) is 6.42 Å². The molecule has 0 aliphatic rings. The smallest absolute Gasteiger partial charge is 0.233 e. The number of nitrogens with one attached hydrogen (secondary N) is 1. The van der Waals surface area contributed by atoms with Gasteiger partial charge in [0.15, 0.2) is 0 Å². The van der Waals surface area contributed by atoms with Crippen LogP contribution in [0.25, 0.3) is 0 Å². The fourth-order valence-corrected chi connectivity index (χ4v) is 0.809. The molecular formula is C8H18N2O. The van der Waals surface area contributed by atoms with E-state index in [1.165, 1.54) is 0 Å². The van der Waals surface area contributed by atoms with Crippen LogP contribution in [-0.4, -0.2) is 18.5 Å². The molecule has 0 aromatic heterocycles. The van der Waals surface area contributed by atoms with E-state index < -0.39 is 0 Å². The predicted molar refractivity (Wildman–Crippen MR) is 46.1 cm³/mol. The molecule has 0 radical (unpaired) electrons. The van der Waals surface area contributed by atoms with Gasteiger partial charge in [-0.25, -0.2) is 0 Å². The van der Waals surface area contributed by atoms with Crippen molar-refractivity contribution < 1.29 is 4.79 Å². The third-order valence-electron chi connectivity index (χ3n) is 2.07. The molecule has 0 saturated carbocycles. The highest BCUT2D eigenvalue weighted by Crippen LogP contribution is 2.05. The molecule has 2 unspecified atom stereocenters. The van der Waals surface area contributed by atoms with Crippen LogP contribution in [-0.2, 0) is 4.79 Å². The summed E-state index contributed by atoms with van der Waals surface area (Å²) in [6.45, 7) is 6.31. The summed E-state index contributed by atoms with van der Waals surface area (Å²) in [6.07, 6.45) is 1.08. The molecule has 0 aromatic carbocycles. The Bertz CT molecular complexity index is 125. The molecule has 0 heterocycles. The molecule has 0 bridgehead atoms. The van der Waals surface area contributed by atoms with E-state index in [4.69, 9.17) is 5.73 Å². The third-order valence-corrected chi connectivity index (χ3v) is 2.07. The van der Waals surface area contributed by atoms with E-state index in [9.17, 15) is 4.79 Å². The predicted octanol–water partition coefficient (Wildman–Crippen LogP) is 0.496. The van der Waals surface area contributed by atoms with Crippen LogP contribution < -0.4 is 11.1 Å². The summed E-state index contributed by atoms with van der Waals surface area (Å²) in [4.78, 5) is 10.8. The van der Waals surface area contributed by atoms with Crippen molar-refractivity contribution >= 4 is 5.91 Å². The van der Waals surface area contributed by atoms with E-state index in [1.54, 1.807) is 0 Å². The van der Waals surface area contributed by atoms with Crippen LogP contribution in [0.4, 0.5) is 0 Å². The van der Waals surface area contributed by atoms with Crippen molar-refractivity contribution in [2.75, 3.05) is 6.54 Å². The van der Waals surface area contributed by atoms with Gasteiger partial charge in [0, 0.05) is 6.04 Å². The third kappa shape index (κ3) is 3.98. The molecule has 3 N–H and O–H groups in total. The monoisotopic (exact) mass is 158 g/mol. The Morgan fingerprint density at radius 3 is 2.45 bits per heavy atom. The molecule has 1 amide bonds. The molecule has 0 rings (SSSR count). The molecule has 0 spiro atoms. The molecule has 66 valence electrons. The first-order valence-electron chi connectivity index (χ1n) is 4.11. The van der Waals surface area contributed by atoms with Crippen molar-refractivity contribution in [3.63, 3.8) is 0 Å². The lowest BCUT2D eigenvalue weighted by atomic mass is 10.0. The first-order chi connectivity index (χ1) is 5.11. The number of hydrogen-bond donors (Lipinski definition) is 2. The lowest BCUT2D eigenvalue weighted by Crippen LogP contribution is -2.40. The van der Waals surface area contributed by atoms with Crippen LogP contribution in [0.1, 0.15) is 27.2 Å². The molecule has 3 nitrogen and oxygen atoms in total. The van der Waals surface area contributed by atoms with Crippen molar-refractivity contribution in [2.24, 2.45) is 11.7 Å². The maximum absolute atomic E-state index is 10.8. The minimum absolute atomic E-state index is 0.0715. The van der Waals surface area contributed by atoms with Crippen LogP contribution in [0, 0.1) is 5.92 Å². The maximum Gasteiger partial charge on any atom is 0.233 e. The van der Waals surface area contributed by atoms with E-state index in [0.29, 0.717) is 5.92 Å². The number of hydrogen-bond acceptors (Lipinski definition) is 2. The van der Waals surface area contributed by atoms with Gasteiger partial charge in [-0.05, 0) is 12.8 Å². The van der Waals surface area contributed by atoms with Gasteiger partial charge in [-0.1, -0.05) is 20.3 Å². The number of carbonyl (C=O) groups excluding carboxylic acids is 1. The lowest BCUT2D eigenvalue weighted by molar-refractivity contribution is -0.120. The summed E-state index contributed by atoms with van der Waals surface area (Å²) in [7, 11) is 0.